The second-order valence-electron chi connectivity index (χ2n) is 5.28. The summed E-state index contributed by atoms with van der Waals surface area (Å²) in [6.07, 6.45) is 4.13. The summed E-state index contributed by atoms with van der Waals surface area (Å²) in [6, 6.07) is 10.1. The van der Waals surface area contributed by atoms with Crippen molar-refractivity contribution in [2.75, 3.05) is 13.1 Å². The first-order chi connectivity index (χ1) is 12.0. The second kappa shape index (κ2) is 9.05. The summed E-state index contributed by atoms with van der Waals surface area (Å²) >= 11 is 0. The summed E-state index contributed by atoms with van der Waals surface area (Å²) in [6.45, 7) is 5.32. The first-order valence-electron chi connectivity index (χ1n) is 7.76. The van der Waals surface area contributed by atoms with E-state index < -0.39 is 10.0 Å². The van der Waals surface area contributed by atoms with Gasteiger partial charge in [-0.1, -0.05) is 18.2 Å². The maximum atomic E-state index is 11.3. The Kier molecular flexibility index (Phi) is 6.79. The van der Waals surface area contributed by atoms with Crippen molar-refractivity contribution in [2.45, 2.75) is 17.9 Å². The average Bonchev–Trinajstić information content (AvgIpc) is 3.10. The first kappa shape index (κ1) is 18.8. The number of primary sulfonamides is 1. The summed E-state index contributed by atoms with van der Waals surface area (Å²) in [5.41, 5.74) is 0.873. The zero-order valence-corrected chi connectivity index (χ0v) is 14.6. The van der Waals surface area contributed by atoms with Crippen LogP contribution in [0, 0.1) is 0 Å². The lowest BCUT2D eigenvalue weighted by molar-refractivity contribution is 0.507. The topological polar surface area (TPSA) is 110 Å². The normalized spacial score (nSPS) is 12.0. The lowest BCUT2D eigenvalue weighted by Crippen LogP contribution is -2.38. The van der Waals surface area contributed by atoms with E-state index in [1.54, 1.807) is 24.5 Å². The lowest BCUT2D eigenvalue weighted by atomic mass is 10.2. The third-order valence-corrected chi connectivity index (χ3v) is 4.26. The number of aliphatic imine (C=N–C) groups is 1. The van der Waals surface area contributed by atoms with E-state index in [1.807, 2.05) is 12.1 Å². The molecule has 4 N–H and O–H groups in total. The van der Waals surface area contributed by atoms with Gasteiger partial charge in [0.15, 0.2) is 5.96 Å². The molecular formula is C17H22N4O3S. The van der Waals surface area contributed by atoms with E-state index in [-0.39, 0.29) is 4.90 Å². The van der Waals surface area contributed by atoms with Crippen LogP contribution in [0.1, 0.15) is 11.3 Å². The van der Waals surface area contributed by atoms with E-state index in [4.69, 9.17) is 9.56 Å². The highest BCUT2D eigenvalue weighted by Gasteiger charge is 2.06. The Bertz CT molecular complexity index is 797. The Labute approximate surface area is 147 Å². The molecule has 0 amide bonds. The molecule has 0 bridgehead atoms. The number of nitrogens with two attached hydrogens (primary N) is 1. The molecule has 0 radical (unpaired) electrons. The molecule has 0 saturated carbocycles. The van der Waals surface area contributed by atoms with E-state index in [0.717, 1.165) is 17.7 Å². The summed E-state index contributed by atoms with van der Waals surface area (Å²) in [4.78, 5) is 4.56. The molecule has 0 saturated heterocycles. The molecule has 1 aromatic carbocycles. The Morgan fingerprint density at radius 3 is 2.60 bits per heavy atom. The highest BCUT2D eigenvalue weighted by atomic mass is 32.2. The minimum absolute atomic E-state index is 0.0850. The highest BCUT2D eigenvalue weighted by Crippen LogP contribution is 2.09. The molecule has 0 unspecified atom stereocenters. The quantitative estimate of drug-likeness (QED) is 0.373. The number of benzene rings is 1. The van der Waals surface area contributed by atoms with Crippen LogP contribution in [0.25, 0.3) is 0 Å². The van der Waals surface area contributed by atoms with Gasteiger partial charge in [-0.15, -0.1) is 6.58 Å². The van der Waals surface area contributed by atoms with Gasteiger partial charge in [0.1, 0.15) is 5.76 Å². The molecule has 7 nitrogen and oxygen atoms in total. The predicted octanol–water partition coefficient (Wildman–Crippen LogP) is 1.39. The predicted molar refractivity (Wildman–Crippen MR) is 97.6 cm³/mol. The van der Waals surface area contributed by atoms with Gasteiger partial charge in [-0.05, 0) is 29.8 Å². The van der Waals surface area contributed by atoms with Gasteiger partial charge >= 0.3 is 0 Å². The molecule has 0 aliphatic heterocycles. The smallest absolute Gasteiger partial charge is 0.238 e. The third-order valence-electron chi connectivity index (χ3n) is 3.33. The molecule has 0 aliphatic carbocycles. The fraction of sp³-hybridized carbons (Fsp3) is 0.235. The van der Waals surface area contributed by atoms with Gasteiger partial charge in [-0.25, -0.2) is 18.5 Å². The molecule has 0 atom stereocenters. The minimum atomic E-state index is -3.68. The minimum Gasteiger partial charge on any atom is -0.469 e. The van der Waals surface area contributed by atoms with Crippen molar-refractivity contribution in [3.63, 3.8) is 0 Å². The van der Waals surface area contributed by atoms with Crippen LogP contribution < -0.4 is 15.8 Å². The Morgan fingerprint density at radius 1 is 1.24 bits per heavy atom. The van der Waals surface area contributed by atoms with Crippen molar-refractivity contribution in [3.05, 3.63) is 66.6 Å². The maximum absolute atomic E-state index is 11.3. The Hall–Kier alpha value is -2.58. The van der Waals surface area contributed by atoms with Crippen molar-refractivity contribution < 1.29 is 12.8 Å². The van der Waals surface area contributed by atoms with Gasteiger partial charge in [-0.2, -0.15) is 0 Å². The van der Waals surface area contributed by atoms with Crippen molar-refractivity contribution in [3.8, 4) is 0 Å². The van der Waals surface area contributed by atoms with Gasteiger partial charge < -0.3 is 15.1 Å². The van der Waals surface area contributed by atoms with Gasteiger partial charge in [0.25, 0.3) is 0 Å². The molecule has 25 heavy (non-hydrogen) atoms. The van der Waals surface area contributed by atoms with Gasteiger partial charge in [0.05, 0.1) is 17.7 Å². The van der Waals surface area contributed by atoms with Crippen molar-refractivity contribution in [1.29, 1.82) is 0 Å². The van der Waals surface area contributed by atoms with Crippen LogP contribution in [0.5, 0.6) is 0 Å². The largest absolute Gasteiger partial charge is 0.469 e. The van der Waals surface area contributed by atoms with Crippen LogP contribution in [-0.4, -0.2) is 27.5 Å². The lowest BCUT2D eigenvalue weighted by Gasteiger charge is -2.11. The number of hydrogen-bond donors (Lipinski definition) is 3. The van der Waals surface area contributed by atoms with Crippen LogP contribution in [0.4, 0.5) is 0 Å². The number of sulfonamides is 1. The number of rotatable bonds is 8. The van der Waals surface area contributed by atoms with Crippen LogP contribution in [0.2, 0.25) is 0 Å². The van der Waals surface area contributed by atoms with Crippen molar-refractivity contribution in [1.82, 2.24) is 10.6 Å². The fourth-order valence-electron chi connectivity index (χ4n) is 2.06. The van der Waals surface area contributed by atoms with Gasteiger partial charge in [0, 0.05) is 19.5 Å². The standard InChI is InChI=1S/C17H22N4O3S/c1-2-10-19-17(20-11-9-15-4-3-12-24-15)21-13-14-5-7-16(8-6-14)25(18,22)23/h2-8,12H,1,9-11,13H2,(H2,18,22,23)(H2,19,20,21). The SMILES string of the molecule is C=CCNC(=NCc1ccc(S(N)(=O)=O)cc1)NCCc1ccco1. The molecule has 134 valence electrons. The summed E-state index contributed by atoms with van der Waals surface area (Å²) in [5, 5.41) is 11.4. The number of guanidine groups is 1. The molecule has 2 aromatic rings. The molecule has 2 rings (SSSR count). The number of nitrogens with one attached hydrogen (secondary N) is 2. The zero-order valence-electron chi connectivity index (χ0n) is 13.8. The molecule has 0 fully saturated rings. The summed E-state index contributed by atoms with van der Waals surface area (Å²) in [7, 11) is -3.68. The number of nitrogens with zero attached hydrogens (tertiary/aromatic N) is 1. The monoisotopic (exact) mass is 362 g/mol. The number of hydrogen-bond acceptors (Lipinski definition) is 4. The molecule has 0 spiro atoms. The van der Waals surface area contributed by atoms with Gasteiger partial charge in [-0.3, -0.25) is 0 Å². The summed E-state index contributed by atoms with van der Waals surface area (Å²) < 4.78 is 27.8. The van der Waals surface area contributed by atoms with Crippen LogP contribution in [0.15, 0.2) is 69.6 Å². The third kappa shape index (κ3) is 6.44. The first-order valence-corrected chi connectivity index (χ1v) is 9.31. The highest BCUT2D eigenvalue weighted by molar-refractivity contribution is 7.89. The second-order valence-corrected chi connectivity index (χ2v) is 6.84. The van der Waals surface area contributed by atoms with Crippen LogP contribution in [0.3, 0.4) is 0 Å². The van der Waals surface area contributed by atoms with E-state index >= 15 is 0 Å². The molecule has 8 heteroatoms. The van der Waals surface area contributed by atoms with Crippen LogP contribution >= 0.6 is 0 Å². The molecular weight excluding hydrogens is 340 g/mol. The van der Waals surface area contributed by atoms with E-state index in [9.17, 15) is 8.42 Å². The van der Waals surface area contributed by atoms with Gasteiger partial charge in [0.2, 0.25) is 10.0 Å². The Balaban J connectivity index is 1.94. The van der Waals surface area contributed by atoms with E-state index in [2.05, 4.69) is 22.2 Å². The fourth-order valence-corrected chi connectivity index (χ4v) is 2.57. The molecule has 0 aliphatic rings. The maximum Gasteiger partial charge on any atom is 0.238 e. The van der Waals surface area contributed by atoms with E-state index in [0.29, 0.717) is 25.6 Å². The average molecular weight is 362 g/mol. The van der Waals surface area contributed by atoms with Crippen molar-refractivity contribution >= 4 is 16.0 Å². The Morgan fingerprint density at radius 2 is 2.00 bits per heavy atom. The van der Waals surface area contributed by atoms with E-state index in [1.165, 1.54) is 12.1 Å². The molecule has 1 aromatic heterocycles. The zero-order chi connectivity index (χ0) is 18.1. The van der Waals surface area contributed by atoms with Crippen LogP contribution in [-0.2, 0) is 23.0 Å². The molecule has 1 heterocycles. The number of furan rings is 1. The van der Waals surface area contributed by atoms with Crippen molar-refractivity contribution in [2.24, 2.45) is 10.1 Å². The summed E-state index contributed by atoms with van der Waals surface area (Å²) in [5.74, 6) is 1.54.